The third-order valence-electron chi connectivity index (χ3n) is 2.83. The first-order chi connectivity index (χ1) is 9.61. The number of allylic oxidation sites excluding steroid dienone is 1. The van der Waals surface area contributed by atoms with Gasteiger partial charge in [-0.3, -0.25) is 4.79 Å². The van der Waals surface area contributed by atoms with Gasteiger partial charge >= 0.3 is 0 Å². The summed E-state index contributed by atoms with van der Waals surface area (Å²) < 4.78 is 0. The van der Waals surface area contributed by atoms with Crippen LogP contribution in [-0.2, 0) is 6.61 Å². The van der Waals surface area contributed by atoms with Crippen molar-refractivity contribution in [3.8, 4) is 11.5 Å². The van der Waals surface area contributed by atoms with E-state index in [0.29, 0.717) is 0 Å². The molecular weight excluding hydrogens is 256 g/mol. The number of hydrogen-bond donors (Lipinski definition) is 3. The van der Waals surface area contributed by atoms with Crippen molar-refractivity contribution in [2.45, 2.75) is 6.61 Å². The van der Waals surface area contributed by atoms with E-state index in [1.165, 1.54) is 12.1 Å². The Labute approximate surface area is 116 Å². The summed E-state index contributed by atoms with van der Waals surface area (Å²) in [5.74, 6) is -0.984. The van der Waals surface area contributed by atoms with Crippen LogP contribution in [-0.4, -0.2) is 21.1 Å². The van der Waals surface area contributed by atoms with Gasteiger partial charge in [0, 0.05) is 6.07 Å². The Morgan fingerprint density at radius 1 is 1.10 bits per heavy atom. The minimum absolute atomic E-state index is 0.00233. The van der Waals surface area contributed by atoms with E-state index in [1.54, 1.807) is 6.08 Å². The molecule has 0 aromatic heterocycles. The zero-order valence-corrected chi connectivity index (χ0v) is 10.7. The molecule has 4 heteroatoms. The third kappa shape index (κ3) is 3.05. The van der Waals surface area contributed by atoms with E-state index in [2.05, 4.69) is 0 Å². The molecule has 0 radical (unpaired) electrons. The number of aromatic hydroxyl groups is 2. The molecular formula is C16H14O4. The number of phenolic OH excluding ortho intramolecular Hbond substituents is 2. The maximum absolute atomic E-state index is 12.1. The minimum atomic E-state index is -0.442. The molecule has 0 unspecified atom stereocenters. The first-order valence-electron chi connectivity index (χ1n) is 6.05. The highest BCUT2D eigenvalue weighted by atomic mass is 16.3. The fraction of sp³-hybridized carbons (Fsp3) is 0.0625. The highest BCUT2D eigenvalue weighted by Crippen LogP contribution is 2.28. The number of rotatable bonds is 4. The molecule has 4 nitrogen and oxygen atoms in total. The number of aliphatic hydroxyl groups is 1. The van der Waals surface area contributed by atoms with Crippen molar-refractivity contribution in [3.63, 3.8) is 0 Å². The molecule has 0 spiro atoms. The lowest BCUT2D eigenvalue weighted by molar-refractivity contribution is 0.104. The van der Waals surface area contributed by atoms with Gasteiger partial charge in [0.2, 0.25) is 0 Å². The van der Waals surface area contributed by atoms with Gasteiger partial charge < -0.3 is 15.3 Å². The first kappa shape index (κ1) is 13.8. The number of aliphatic hydroxyl groups excluding tert-OH is 1. The molecule has 2 rings (SSSR count). The Kier molecular flexibility index (Phi) is 4.17. The van der Waals surface area contributed by atoms with E-state index in [-0.39, 0.29) is 22.6 Å². The van der Waals surface area contributed by atoms with Gasteiger partial charge in [0.25, 0.3) is 0 Å². The van der Waals surface area contributed by atoms with Gasteiger partial charge in [-0.15, -0.1) is 0 Å². The Hall–Kier alpha value is -2.59. The average molecular weight is 270 g/mol. The molecule has 2 aromatic carbocycles. The van der Waals surface area contributed by atoms with Crippen LogP contribution >= 0.6 is 0 Å². The first-order valence-corrected chi connectivity index (χ1v) is 6.05. The third-order valence-corrected chi connectivity index (χ3v) is 2.83. The normalized spacial score (nSPS) is 10.8. The van der Waals surface area contributed by atoms with Gasteiger partial charge in [-0.1, -0.05) is 36.4 Å². The minimum Gasteiger partial charge on any atom is -0.508 e. The molecule has 0 aliphatic heterocycles. The van der Waals surface area contributed by atoms with Crippen molar-refractivity contribution < 1.29 is 20.1 Å². The summed E-state index contributed by atoms with van der Waals surface area (Å²) in [6, 6.07) is 11.6. The summed E-state index contributed by atoms with van der Waals surface area (Å²) in [5.41, 5.74) is 1.03. The summed E-state index contributed by atoms with van der Waals surface area (Å²) >= 11 is 0. The van der Waals surface area contributed by atoms with Crippen LogP contribution in [0.25, 0.3) is 6.08 Å². The monoisotopic (exact) mass is 270 g/mol. The molecule has 0 fully saturated rings. The molecule has 0 aliphatic carbocycles. The van der Waals surface area contributed by atoms with Crippen LogP contribution in [0.3, 0.4) is 0 Å². The number of ketones is 1. The van der Waals surface area contributed by atoms with Gasteiger partial charge in [0.15, 0.2) is 5.78 Å². The average Bonchev–Trinajstić information content (AvgIpc) is 2.45. The second-order valence-electron chi connectivity index (χ2n) is 4.27. The summed E-state index contributed by atoms with van der Waals surface area (Å²) in [6.45, 7) is -0.442. The number of carbonyl (C=O) groups is 1. The molecule has 2 aromatic rings. The van der Waals surface area contributed by atoms with Crippen LogP contribution < -0.4 is 0 Å². The molecule has 0 amide bonds. The zero-order chi connectivity index (χ0) is 14.5. The molecule has 0 saturated carbocycles. The predicted molar refractivity (Wildman–Crippen MR) is 75.5 cm³/mol. The largest absolute Gasteiger partial charge is 0.508 e. The Bertz CT molecular complexity index is 645. The molecule has 0 atom stereocenters. The summed E-state index contributed by atoms with van der Waals surface area (Å²) in [4.78, 5) is 12.1. The SMILES string of the molecule is O=C(/C=C/c1ccccc1)c1c(O)cc(O)cc1CO. The smallest absolute Gasteiger partial charge is 0.189 e. The van der Waals surface area contributed by atoms with Crippen molar-refractivity contribution >= 4 is 11.9 Å². The Morgan fingerprint density at radius 2 is 1.80 bits per heavy atom. The second kappa shape index (κ2) is 6.04. The van der Waals surface area contributed by atoms with E-state index < -0.39 is 12.4 Å². The van der Waals surface area contributed by atoms with E-state index in [9.17, 15) is 20.1 Å². The summed E-state index contributed by atoms with van der Waals surface area (Å²) in [6.07, 6.45) is 2.94. The standard InChI is InChI=1S/C16H14O4/c17-10-12-8-13(18)9-15(20)16(12)14(19)7-6-11-4-2-1-3-5-11/h1-9,17-18,20H,10H2/b7-6+. The topological polar surface area (TPSA) is 77.8 Å². The van der Waals surface area contributed by atoms with Crippen molar-refractivity contribution in [2.24, 2.45) is 0 Å². The highest BCUT2D eigenvalue weighted by Gasteiger charge is 2.15. The number of carbonyl (C=O) groups excluding carboxylic acids is 1. The van der Waals surface area contributed by atoms with Crippen molar-refractivity contribution in [3.05, 3.63) is 65.2 Å². The predicted octanol–water partition coefficient (Wildman–Crippen LogP) is 2.49. The molecule has 3 N–H and O–H groups in total. The number of phenols is 2. The second-order valence-corrected chi connectivity index (χ2v) is 4.27. The van der Waals surface area contributed by atoms with Gasteiger partial charge in [-0.2, -0.15) is 0 Å². The van der Waals surface area contributed by atoms with Crippen LogP contribution in [0.2, 0.25) is 0 Å². The van der Waals surface area contributed by atoms with Crippen molar-refractivity contribution in [1.82, 2.24) is 0 Å². The van der Waals surface area contributed by atoms with E-state index in [4.69, 9.17) is 0 Å². The van der Waals surface area contributed by atoms with Crippen LogP contribution in [0.4, 0.5) is 0 Å². The fourth-order valence-electron chi connectivity index (χ4n) is 1.90. The van der Waals surface area contributed by atoms with E-state index in [0.717, 1.165) is 11.6 Å². The Balaban J connectivity index is 2.32. The lowest BCUT2D eigenvalue weighted by atomic mass is 10.0. The van der Waals surface area contributed by atoms with Crippen molar-refractivity contribution in [1.29, 1.82) is 0 Å². The van der Waals surface area contributed by atoms with Gasteiger partial charge in [-0.05, 0) is 23.3 Å². The molecule has 102 valence electrons. The van der Waals surface area contributed by atoms with Crippen LogP contribution in [0.1, 0.15) is 21.5 Å². The zero-order valence-electron chi connectivity index (χ0n) is 10.7. The van der Waals surface area contributed by atoms with Crippen molar-refractivity contribution in [2.75, 3.05) is 0 Å². The number of hydrogen-bond acceptors (Lipinski definition) is 4. The lowest BCUT2D eigenvalue weighted by Gasteiger charge is -2.07. The summed E-state index contributed by atoms with van der Waals surface area (Å²) in [7, 11) is 0. The van der Waals surface area contributed by atoms with Gasteiger partial charge in [0.05, 0.1) is 12.2 Å². The molecule has 20 heavy (non-hydrogen) atoms. The van der Waals surface area contributed by atoms with Gasteiger partial charge in [-0.25, -0.2) is 0 Å². The van der Waals surface area contributed by atoms with Crippen LogP contribution in [0.15, 0.2) is 48.5 Å². The quantitative estimate of drug-likeness (QED) is 0.589. The fourth-order valence-corrected chi connectivity index (χ4v) is 1.90. The maximum atomic E-state index is 12.1. The molecule has 0 bridgehead atoms. The van der Waals surface area contributed by atoms with Crippen LogP contribution in [0, 0.1) is 0 Å². The van der Waals surface area contributed by atoms with E-state index >= 15 is 0 Å². The molecule has 0 heterocycles. The van der Waals surface area contributed by atoms with Gasteiger partial charge in [0.1, 0.15) is 11.5 Å². The van der Waals surface area contributed by atoms with E-state index in [1.807, 2.05) is 30.3 Å². The maximum Gasteiger partial charge on any atom is 0.189 e. The summed E-state index contributed by atoms with van der Waals surface area (Å²) in [5, 5.41) is 28.3. The Morgan fingerprint density at radius 3 is 2.45 bits per heavy atom. The lowest BCUT2D eigenvalue weighted by Crippen LogP contribution is -2.01. The number of benzene rings is 2. The molecule has 0 aliphatic rings. The molecule has 0 saturated heterocycles. The van der Waals surface area contributed by atoms with Crippen LogP contribution in [0.5, 0.6) is 11.5 Å². The highest BCUT2D eigenvalue weighted by molar-refractivity contribution is 6.09.